The summed E-state index contributed by atoms with van der Waals surface area (Å²) in [6.07, 6.45) is -2.10. The Balaban J connectivity index is 1.84. The molecular weight excluding hydrogens is 295 g/mol. The molecule has 0 amide bonds. The van der Waals surface area contributed by atoms with Crippen LogP contribution < -0.4 is 4.74 Å². The van der Waals surface area contributed by atoms with Crippen molar-refractivity contribution in [3.05, 3.63) is 29.8 Å². The van der Waals surface area contributed by atoms with E-state index in [9.17, 15) is 18.0 Å². The summed E-state index contributed by atoms with van der Waals surface area (Å²) >= 11 is 0. The Hall–Kier alpha value is -1.56. The molecule has 22 heavy (non-hydrogen) atoms. The Morgan fingerprint density at radius 1 is 1.23 bits per heavy atom. The third-order valence-electron chi connectivity index (χ3n) is 3.98. The molecule has 0 spiro atoms. The Bertz CT molecular complexity index is 491. The monoisotopic (exact) mass is 316 g/mol. The molecule has 6 heteroatoms. The van der Waals surface area contributed by atoms with Gasteiger partial charge >= 0.3 is 6.36 Å². The van der Waals surface area contributed by atoms with E-state index >= 15 is 0 Å². The van der Waals surface area contributed by atoms with Crippen LogP contribution in [0.3, 0.4) is 0 Å². The highest BCUT2D eigenvalue weighted by Gasteiger charge is 2.31. The van der Waals surface area contributed by atoms with Crippen LogP contribution in [-0.4, -0.2) is 34.9 Å². The number of piperidine rings is 1. The third-order valence-corrected chi connectivity index (χ3v) is 3.98. The summed E-state index contributed by atoms with van der Waals surface area (Å²) in [6.45, 7) is 4.42. The Morgan fingerprint density at radius 2 is 1.82 bits per heavy atom. The fourth-order valence-electron chi connectivity index (χ4n) is 2.77. The van der Waals surface area contributed by atoms with E-state index in [1.54, 1.807) is 12.1 Å². The van der Waals surface area contributed by atoms with Crippen molar-refractivity contribution < 1.29 is 22.7 Å². The van der Waals surface area contributed by atoms with Crippen LogP contribution in [0.1, 0.15) is 31.7 Å². The van der Waals surface area contributed by atoms with Crippen LogP contribution in [0.5, 0.6) is 5.75 Å². The van der Waals surface area contributed by atoms with Crippen molar-refractivity contribution in [3.8, 4) is 5.75 Å². The van der Waals surface area contributed by atoms with Crippen molar-refractivity contribution in [2.75, 3.05) is 13.1 Å². The molecule has 0 unspecified atom stereocenters. The van der Waals surface area contributed by atoms with Crippen molar-refractivity contribution in [3.63, 3.8) is 0 Å². The van der Waals surface area contributed by atoms with Crippen LogP contribution >= 0.6 is 0 Å². The summed E-state index contributed by atoms with van der Waals surface area (Å²) in [5, 5.41) is 0. The van der Waals surface area contributed by atoms with Gasteiger partial charge in [0.25, 0.3) is 5.78 Å². The maximum Gasteiger partial charge on any atom is 0.573 e. The fraction of sp³-hybridized carbons (Fsp3) is 0.562. The summed E-state index contributed by atoms with van der Waals surface area (Å²) in [5.74, 6) is 0.662. The molecule has 0 aromatic heterocycles. The van der Waals surface area contributed by atoms with Crippen LogP contribution in [0, 0.1) is 5.92 Å². The first-order valence-corrected chi connectivity index (χ1v) is 7.49. The average molecular weight is 316 g/mol. The molecule has 1 aromatic carbocycles. The maximum atomic E-state index is 12.1. The molecule has 1 heterocycles. The second kappa shape index (κ2) is 7.13. The predicted octanol–water partition coefficient (Wildman–Crippen LogP) is 3.75. The molecule has 122 valence electrons. The van der Waals surface area contributed by atoms with Crippen LogP contribution in [-0.2, 0) is 6.54 Å². The first kappa shape index (κ1) is 16.8. The van der Waals surface area contributed by atoms with Gasteiger partial charge in [-0.05, 0) is 43.6 Å². The van der Waals surface area contributed by atoms with Gasteiger partial charge in [-0.3, -0.25) is 9.69 Å². The molecule has 2 rings (SSSR count). The first-order chi connectivity index (χ1) is 10.4. The van der Waals surface area contributed by atoms with E-state index in [0.29, 0.717) is 18.7 Å². The van der Waals surface area contributed by atoms with Gasteiger partial charge in [0.1, 0.15) is 5.75 Å². The van der Waals surface area contributed by atoms with E-state index in [2.05, 4.69) is 9.64 Å². The molecule has 0 aliphatic carbocycles. The quantitative estimate of drug-likeness (QED) is 0.775. The van der Waals surface area contributed by atoms with Crippen molar-refractivity contribution >= 4 is 5.78 Å². The summed E-state index contributed by atoms with van der Waals surface area (Å²) in [6, 6.07) is 5.99. The van der Waals surface area contributed by atoms with Gasteiger partial charge < -0.3 is 4.74 Å². The Kier molecular flexibility index (Phi) is 5.45. The zero-order valence-electron chi connectivity index (χ0n) is 12.6. The lowest BCUT2D eigenvalue weighted by atomic mass is 9.91. The molecule has 1 aliphatic heterocycles. The third kappa shape index (κ3) is 5.02. The van der Waals surface area contributed by atoms with E-state index < -0.39 is 6.36 Å². The van der Waals surface area contributed by atoms with E-state index in [4.69, 9.17) is 0 Å². The highest BCUT2D eigenvalue weighted by molar-refractivity contribution is 5.81. The van der Waals surface area contributed by atoms with Crippen molar-refractivity contribution in [2.45, 2.75) is 39.1 Å². The second-order valence-electron chi connectivity index (χ2n) is 5.59. The molecular formula is C16H21F3NO2+. The number of hydrogen-bond acceptors (Lipinski definition) is 2. The number of carbonyl (C=O) groups excluding carboxylic acids is 1. The lowest BCUT2D eigenvalue weighted by Crippen LogP contribution is -2.35. The van der Waals surface area contributed by atoms with Crippen LogP contribution in [0.25, 0.3) is 0 Å². The van der Waals surface area contributed by atoms with E-state index in [0.717, 1.165) is 31.5 Å². The van der Waals surface area contributed by atoms with Crippen LogP contribution in [0.2, 0.25) is 0 Å². The lowest BCUT2D eigenvalue weighted by molar-refractivity contribution is -0.274. The maximum absolute atomic E-state index is 12.1. The summed E-state index contributed by atoms with van der Waals surface area (Å²) in [5.41, 5.74) is 0.955. The molecule has 1 aromatic rings. The van der Waals surface area contributed by atoms with Gasteiger partial charge in [0, 0.05) is 6.54 Å². The van der Waals surface area contributed by atoms with E-state index in [1.807, 2.05) is 6.92 Å². The molecule has 0 atom stereocenters. The minimum absolute atomic E-state index is 0.197. The molecule has 3 nitrogen and oxygen atoms in total. The number of nitrogens with zero attached hydrogens (tertiary/aromatic N) is 1. The van der Waals surface area contributed by atoms with Crippen molar-refractivity contribution in [1.29, 1.82) is 0 Å². The topological polar surface area (TPSA) is 33.9 Å². The van der Waals surface area contributed by atoms with Crippen LogP contribution in [0.4, 0.5) is 13.2 Å². The van der Waals surface area contributed by atoms with Crippen LogP contribution in [0.15, 0.2) is 24.3 Å². The molecule has 1 saturated heterocycles. The molecule has 0 radical (unpaired) electrons. The Morgan fingerprint density at radius 3 is 2.32 bits per heavy atom. The SMILES string of the molecule is CCC(=[OH+])C1CCN(Cc2ccc(OC(F)(F)F)cc2)CC1. The number of ketones is 1. The number of rotatable bonds is 5. The second-order valence-corrected chi connectivity index (χ2v) is 5.59. The lowest BCUT2D eigenvalue weighted by Gasteiger charge is -2.29. The smallest absolute Gasteiger partial charge is 0.406 e. The number of likely N-dealkylation sites (tertiary alicyclic amines) is 1. The Labute approximate surface area is 128 Å². The van der Waals surface area contributed by atoms with Gasteiger partial charge in [-0.2, -0.15) is 0 Å². The molecule has 1 aliphatic rings. The number of benzene rings is 1. The highest BCUT2D eigenvalue weighted by Crippen LogP contribution is 2.24. The predicted molar refractivity (Wildman–Crippen MR) is 78.4 cm³/mol. The average Bonchev–Trinajstić information content (AvgIpc) is 2.48. The molecule has 1 fully saturated rings. The van der Waals surface area contributed by atoms with Gasteiger partial charge in [-0.1, -0.05) is 19.1 Å². The zero-order chi connectivity index (χ0) is 16.2. The zero-order valence-corrected chi connectivity index (χ0v) is 12.6. The largest absolute Gasteiger partial charge is 0.573 e. The van der Waals surface area contributed by atoms with E-state index in [1.165, 1.54) is 12.1 Å². The molecule has 0 bridgehead atoms. The molecule has 1 N–H and O–H groups in total. The summed E-state index contributed by atoms with van der Waals surface area (Å²) < 4.78 is 40.1. The van der Waals surface area contributed by atoms with Gasteiger partial charge in [-0.15, -0.1) is 13.2 Å². The van der Waals surface area contributed by atoms with Gasteiger partial charge in [0.2, 0.25) is 0 Å². The standard InChI is InChI=1S/C16H20F3NO2/c1-2-15(21)13-7-9-20(10-8-13)11-12-3-5-14(6-4-12)22-16(17,18)19/h3-6,13H,2,7-11H2,1H3/p+1. The number of ether oxygens (including phenoxy) is 1. The van der Waals surface area contributed by atoms with Crippen molar-refractivity contribution in [2.24, 2.45) is 5.92 Å². The number of hydrogen-bond donors (Lipinski definition) is 0. The number of alkyl halides is 3. The summed E-state index contributed by atoms with van der Waals surface area (Å²) in [7, 11) is 0. The minimum Gasteiger partial charge on any atom is -0.406 e. The van der Waals surface area contributed by atoms with Gasteiger partial charge in [0.15, 0.2) is 0 Å². The fourth-order valence-corrected chi connectivity index (χ4v) is 2.77. The van der Waals surface area contributed by atoms with Crippen molar-refractivity contribution in [1.82, 2.24) is 4.90 Å². The highest BCUT2D eigenvalue weighted by atomic mass is 19.4. The summed E-state index contributed by atoms with van der Waals surface area (Å²) in [4.78, 5) is 12.0. The normalized spacial score (nSPS) is 17.5. The minimum atomic E-state index is -4.65. The number of halogens is 3. The first-order valence-electron chi connectivity index (χ1n) is 7.49. The van der Waals surface area contributed by atoms with E-state index in [-0.39, 0.29) is 11.7 Å². The molecule has 0 saturated carbocycles. The van der Waals surface area contributed by atoms with Gasteiger partial charge in [-0.25, -0.2) is 0 Å². The van der Waals surface area contributed by atoms with Gasteiger partial charge in [0.05, 0.1) is 12.3 Å².